The molecule has 2 rings (SSSR count). The fourth-order valence-corrected chi connectivity index (χ4v) is 2.05. The second-order valence-electron chi connectivity index (χ2n) is 5.74. The summed E-state index contributed by atoms with van der Waals surface area (Å²) in [5.41, 5.74) is 4.49. The minimum absolute atomic E-state index is 0.0103. The van der Waals surface area contributed by atoms with Gasteiger partial charge in [0.1, 0.15) is 0 Å². The zero-order valence-corrected chi connectivity index (χ0v) is 13.5. The van der Waals surface area contributed by atoms with E-state index in [9.17, 15) is 4.79 Å². The number of amides is 1. The van der Waals surface area contributed by atoms with Crippen LogP contribution in [0.1, 0.15) is 31.9 Å². The maximum absolute atomic E-state index is 11.6. The first-order valence-corrected chi connectivity index (χ1v) is 7.81. The van der Waals surface area contributed by atoms with Gasteiger partial charge in [-0.3, -0.25) is 4.79 Å². The van der Waals surface area contributed by atoms with Crippen LogP contribution in [0.2, 0.25) is 0 Å². The summed E-state index contributed by atoms with van der Waals surface area (Å²) < 4.78 is 0. The number of carbonyl (C=O) groups is 1. The van der Waals surface area contributed by atoms with Crippen molar-refractivity contribution in [1.29, 1.82) is 0 Å². The Balaban J connectivity index is 1.89. The molecule has 0 radical (unpaired) electrons. The Morgan fingerprint density at radius 2 is 1.45 bits per heavy atom. The summed E-state index contributed by atoms with van der Waals surface area (Å²) >= 11 is 0. The van der Waals surface area contributed by atoms with Crippen LogP contribution < -0.4 is 10.6 Å². The Hall–Kier alpha value is -2.29. The van der Waals surface area contributed by atoms with E-state index in [1.54, 1.807) is 0 Å². The first-order valence-electron chi connectivity index (χ1n) is 7.81. The zero-order chi connectivity index (χ0) is 15.9. The lowest BCUT2D eigenvalue weighted by Crippen LogP contribution is -2.17. The normalized spacial score (nSPS) is 10.5. The van der Waals surface area contributed by atoms with E-state index in [1.165, 1.54) is 11.1 Å². The van der Waals surface area contributed by atoms with Crippen molar-refractivity contribution < 1.29 is 4.79 Å². The second-order valence-corrected chi connectivity index (χ2v) is 5.74. The molecule has 2 aromatic rings. The van der Waals surface area contributed by atoms with Gasteiger partial charge in [-0.25, -0.2) is 0 Å². The molecule has 0 aliphatic carbocycles. The van der Waals surface area contributed by atoms with E-state index < -0.39 is 0 Å². The smallest absolute Gasteiger partial charge is 0.226 e. The monoisotopic (exact) mass is 296 g/mol. The van der Waals surface area contributed by atoms with Gasteiger partial charge in [0.05, 0.1) is 0 Å². The Morgan fingerprint density at radius 1 is 0.909 bits per heavy atom. The summed E-state index contributed by atoms with van der Waals surface area (Å²) in [6.45, 7) is 6.72. The lowest BCUT2D eigenvalue weighted by atomic mass is 10.1. The van der Waals surface area contributed by atoms with Gasteiger partial charge in [0.15, 0.2) is 0 Å². The highest BCUT2D eigenvalue weighted by molar-refractivity contribution is 5.92. The predicted octanol–water partition coefficient (Wildman–Crippen LogP) is 4.46. The molecule has 0 aliphatic heterocycles. The average Bonchev–Trinajstić information content (AvgIpc) is 2.54. The largest absolute Gasteiger partial charge is 0.381 e. The molecule has 3 heteroatoms. The molecule has 0 spiro atoms. The van der Waals surface area contributed by atoms with Gasteiger partial charge in [0, 0.05) is 23.8 Å². The van der Waals surface area contributed by atoms with E-state index >= 15 is 0 Å². The highest BCUT2D eigenvalue weighted by Gasteiger charge is 2.06. The van der Waals surface area contributed by atoms with Gasteiger partial charge in [0.25, 0.3) is 0 Å². The van der Waals surface area contributed by atoms with Gasteiger partial charge >= 0.3 is 0 Å². The first-order chi connectivity index (χ1) is 10.6. The molecule has 0 saturated carbocycles. The van der Waals surface area contributed by atoms with Crippen molar-refractivity contribution in [2.45, 2.75) is 33.7 Å². The maximum Gasteiger partial charge on any atom is 0.226 e. The molecule has 3 nitrogen and oxygen atoms in total. The second kappa shape index (κ2) is 7.64. The quantitative estimate of drug-likeness (QED) is 0.826. The minimum atomic E-state index is -0.0103. The van der Waals surface area contributed by atoms with Crippen LogP contribution in [0.4, 0.5) is 11.4 Å². The molecule has 0 unspecified atom stereocenters. The lowest BCUT2D eigenvalue weighted by Gasteiger charge is -2.10. The number of carbonyl (C=O) groups excluding carboxylic acids is 1. The molecule has 0 heterocycles. The van der Waals surface area contributed by atoms with Crippen LogP contribution in [0.3, 0.4) is 0 Å². The zero-order valence-electron chi connectivity index (χ0n) is 13.5. The number of nitrogens with one attached hydrogen (secondary N) is 2. The number of hydrogen-bond donors (Lipinski definition) is 2. The number of rotatable bonds is 6. The molecule has 1 amide bonds. The van der Waals surface area contributed by atoms with Gasteiger partial charge in [0.2, 0.25) is 5.91 Å². The van der Waals surface area contributed by atoms with Crippen LogP contribution in [0.15, 0.2) is 48.5 Å². The highest BCUT2D eigenvalue weighted by atomic mass is 16.1. The third-order valence-corrected chi connectivity index (χ3v) is 3.60. The van der Waals surface area contributed by atoms with Crippen molar-refractivity contribution in [2.75, 3.05) is 10.6 Å². The SMILES string of the molecule is CCc1ccc(CNc2ccc(NC(=O)C(C)C)cc2)cc1. The summed E-state index contributed by atoms with van der Waals surface area (Å²) in [5, 5.41) is 6.28. The summed E-state index contributed by atoms with van der Waals surface area (Å²) in [4.78, 5) is 11.6. The number of anilines is 2. The van der Waals surface area contributed by atoms with Crippen LogP contribution in [0.5, 0.6) is 0 Å². The van der Waals surface area contributed by atoms with Crippen LogP contribution in [-0.4, -0.2) is 5.91 Å². The van der Waals surface area contributed by atoms with Gasteiger partial charge in [-0.2, -0.15) is 0 Å². The topological polar surface area (TPSA) is 41.1 Å². The first kappa shape index (κ1) is 16.1. The van der Waals surface area contributed by atoms with Crippen molar-refractivity contribution in [3.8, 4) is 0 Å². The number of aryl methyl sites for hydroxylation is 1. The van der Waals surface area contributed by atoms with E-state index in [4.69, 9.17) is 0 Å². The molecule has 0 aliphatic rings. The standard InChI is InChI=1S/C19H24N2O/c1-4-15-5-7-16(8-6-15)13-20-17-9-11-18(12-10-17)21-19(22)14(2)3/h5-12,14,20H,4,13H2,1-3H3,(H,21,22). The fourth-order valence-electron chi connectivity index (χ4n) is 2.05. The van der Waals surface area contributed by atoms with Crippen LogP contribution in [0, 0.1) is 5.92 Å². The van der Waals surface area contributed by atoms with Gasteiger partial charge in [-0.1, -0.05) is 45.0 Å². The molecular formula is C19H24N2O. The minimum Gasteiger partial charge on any atom is -0.381 e. The van der Waals surface area contributed by atoms with Crippen molar-refractivity contribution >= 4 is 17.3 Å². The van der Waals surface area contributed by atoms with E-state index in [-0.39, 0.29) is 11.8 Å². The molecule has 0 atom stereocenters. The average molecular weight is 296 g/mol. The van der Waals surface area contributed by atoms with Gasteiger partial charge in [-0.15, -0.1) is 0 Å². The summed E-state index contributed by atoms with van der Waals surface area (Å²) in [5.74, 6) is 0.0283. The summed E-state index contributed by atoms with van der Waals surface area (Å²) in [7, 11) is 0. The predicted molar refractivity (Wildman–Crippen MR) is 93.1 cm³/mol. The van der Waals surface area contributed by atoms with Crippen molar-refractivity contribution in [2.24, 2.45) is 5.92 Å². The van der Waals surface area contributed by atoms with Crippen molar-refractivity contribution in [1.82, 2.24) is 0 Å². The number of hydrogen-bond acceptors (Lipinski definition) is 2. The molecule has 22 heavy (non-hydrogen) atoms. The molecule has 0 fully saturated rings. The third kappa shape index (κ3) is 4.62. The van der Waals surface area contributed by atoms with Gasteiger partial charge in [-0.05, 0) is 41.8 Å². The van der Waals surface area contributed by atoms with E-state index in [1.807, 2.05) is 38.1 Å². The Kier molecular flexibility index (Phi) is 5.59. The van der Waals surface area contributed by atoms with E-state index in [0.717, 1.165) is 24.3 Å². The summed E-state index contributed by atoms with van der Waals surface area (Å²) in [6.07, 6.45) is 1.07. The van der Waals surface area contributed by atoms with Gasteiger partial charge < -0.3 is 10.6 Å². The van der Waals surface area contributed by atoms with E-state index in [0.29, 0.717) is 0 Å². The fraction of sp³-hybridized carbons (Fsp3) is 0.316. The van der Waals surface area contributed by atoms with E-state index in [2.05, 4.69) is 41.8 Å². The molecule has 2 N–H and O–H groups in total. The maximum atomic E-state index is 11.6. The Labute approximate surface area is 132 Å². The Morgan fingerprint density at radius 3 is 2.00 bits per heavy atom. The van der Waals surface area contributed by atoms with Crippen LogP contribution in [0.25, 0.3) is 0 Å². The highest BCUT2D eigenvalue weighted by Crippen LogP contribution is 2.15. The molecule has 0 saturated heterocycles. The van der Waals surface area contributed by atoms with Crippen molar-refractivity contribution in [3.05, 3.63) is 59.7 Å². The van der Waals surface area contributed by atoms with Crippen LogP contribution in [-0.2, 0) is 17.8 Å². The molecule has 0 aromatic heterocycles. The molecular weight excluding hydrogens is 272 g/mol. The molecule has 2 aromatic carbocycles. The molecule has 116 valence electrons. The third-order valence-electron chi connectivity index (χ3n) is 3.60. The molecule has 0 bridgehead atoms. The summed E-state index contributed by atoms with van der Waals surface area (Å²) in [6, 6.07) is 16.5. The van der Waals surface area contributed by atoms with Crippen LogP contribution >= 0.6 is 0 Å². The Bertz CT molecular complexity index is 600. The lowest BCUT2D eigenvalue weighted by molar-refractivity contribution is -0.118. The number of benzene rings is 2. The van der Waals surface area contributed by atoms with Crippen molar-refractivity contribution in [3.63, 3.8) is 0 Å².